The van der Waals surface area contributed by atoms with E-state index in [1.165, 1.54) is 0 Å². The third kappa shape index (κ3) is 4.06. The zero-order valence-electron chi connectivity index (χ0n) is 17.2. The number of morpholine rings is 1. The summed E-state index contributed by atoms with van der Waals surface area (Å²) in [5.41, 5.74) is 2.53. The molecule has 0 aliphatic carbocycles. The molecule has 4 rings (SSSR count). The summed E-state index contributed by atoms with van der Waals surface area (Å²) in [6.07, 6.45) is 3.23. The maximum absolute atomic E-state index is 12.7. The van der Waals surface area contributed by atoms with E-state index in [0.717, 1.165) is 16.9 Å². The summed E-state index contributed by atoms with van der Waals surface area (Å²) in [6.45, 7) is 4.13. The van der Waals surface area contributed by atoms with Gasteiger partial charge in [-0.3, -0.25) is 14.3 Å². The average molecular weight is 410 g/mol. The number of carbonyl (C=O) groups excluding carboxylic acids is 2. The summed E-state index contributed by atoms with van der Waals surface area (Å²) in [5.74, 6) is 0.567. The molecule has 0 radical (unpaired) electrons. The highest BCUT2D eigenvalue weighted by Gasteiger charge is 2.30. The molecule has 1 N–H and O–H groups in total. The fourth-order valence-corrected chi connectivity index (χ4v) is 3.65. The van der Waals surface area contributed by atoms with Crippen LogP contribution in [0.5, 0.6) is 0 Å². The smallest absolute Gasteiger partial charge is 0.257 e. The van der Waals surface area contributed by atoms with E-state index < -0.39 is 6.10 Å². The van der Waals surface area contributed by atoms with Crippen molar-refractivity contribution in [2.24, 2.45) is 7.05 Å². The van der Waals surface area contributed by atoms with Crippen molar-refractivity contribution >= 4 is 22.8 Å². The predicted molar refractivity (Wildman–Crippen MR) is 111 cm³/mol. The number of imidazole rings is 1. The molecule has 3 aromatic rings. The molecule has 158 valence electrons. The van der Waals surface area contributed by atoms with Gasteiger partial charge in [0.2, 0.25) is 0 Å². The van der Waals surface area contributed by atoms with Crippen LogP contribution in [0.25, 0.3) is 11.0 Å². The first kappa shape index (κ1) is 20.1. The molecule has 0 saturated carbocycles. The van der Waals surface area contributed by atoms with Gasteiger partial charge in [0.25, 0.3) is 11.8 Å². The van der Waals surface area contributed by atoms with Crippen LogP contribution in [0, 0.1) is 0 Å². The van der Waals surface area contributed by atoms with Crippen molar-refractivity contribution in [2.75, 3.05) is 26.2 Å². The van der Waals surface area contributed by atoms with Gasteiger partial charge in [0.05, 0.1) is 35.9 Å². The predicted octanol–water partition coefficient (Wildman–Crippen LogP) is 0.990. The second-order valence-electron chi connectivity index (χ2n) is 7.31. The number of para-hydroxylation sites is 2. The van der Waals surface area contributed by atoms with Crippen molar-refractivity contribution in [3.63, 3.8) is 0 Å². The Hall–Kier alpha value is -3.20. The lowest BCUT2D eigenvalue weighted by Gasteiger charge is -2.32. The molecule has 1 saturated heterocycles. The lowest BCUT2D eigenvalue weighted by atomic mass is 10.2. The van der Waals surface area contributed by atoms with E-state index >= 15 is 0 Å². The number of benzene rings is 1. The molecule has 9 nitrogen and oxygen atoms in total. The Morgan fingerprint density at radius 1 is 1.30 bits per heavy atom. The highest BCUT2D eigenvalue weighted by molar-refractivity contribution is 5.94. The lowest BCUT2D eigenvalue weighted by molar-refractivity contribution is -0.137. The van der Waals surface area contributed by atoms with Gasteiger partial charge in [-0.15, -0.1) is 0 Å². The number of aryl methyl sites for hydroxylation is 2. The molecule has 30 heavy (non-hydrogen) atoms. The van der Waals surface area contributed by atoms with Gasteiger partial charge in [-0.25, -0.2) is 4.98 Å². The van der Waals surface area contributed by atoms with E-state index in [2.05, 4.69) is 15.4 Å². The van der Waals surface area contributed by atoms with Gasteiger partial charge in [0.15, 0.2) is 6.10 Å². The number of hydrogen-bond acceptors (Lipinski definition) is 5. The number of aromatic nitrogens is 4. The van der Waals surface area contributed by atoms with Gasteiger partial charge in [-0.2, -0.15) is 5.10 Å². The second kappa shape index (κ2) is 8.66. The minimum Gasteiger partial charge on any atom is -0.365 e. The van der Waals surface area contributed by atoms with Gasteiger partial charge in [0.1, 0.15) is 5.82 Å². The molecule has 0 bridgehead atoms. The summed E-state index contributed by atoms with van der Waals surface area (Å²) in [5, 5.41) is 7.06. The zero-order chi connectivity index (χ0) is 21.1. The zero-order valence-corrected chi connectivity index (χ0v) is 17.2. The van der Waals surface area contributed by atoms with Gasteiger partial charge < -0.3 is 19.5 Å². The van der Waals surface area contributed by atoms with Crippen LogP contribution in [-0.4, -0.2) is 68.4 Å². The van der Waals surface area contributed by atoms with E-state index in [9.17, 15) is 9.59 Å². The standard InChI is InChI=1S/C21H26N6O3/c1-3-27-13-15(12-23-27)21(29)26-10-11-30-18(14-26)20(28)22-9-8-19-24-16-6-4-5-7-17(16)25(19)2/h4-7,12-13,18H,3,8-11,14H2,1-2H3,(H,22,28). The molecule has 2 aromatic heterocycles. The normalized spacial score (nSPS) is 16.7. The molecule has 1 aliphatic rings. The number of hydrogen-bond donors (Lipinski definition) is 1. The quantitative estimate of drug-likeness (QED) is 0.654. The Kier molecular flexibility index (Phi) is 5.80. The second-order valence-corrected chi connectivity index (χ2v) is 7.31. The molecule has 1 atom stereocenters. The monoisotopic (exact) mass is 410 g/mol. The largest absolute Gasteiger partial charge is 0.365 e. The van der Waals surface area contributed by atoms with Crippen LogP contribution in [-0.2, 0) is 29.5 Å². The Bertz CT molecular complexity index is 1060. The van der Waals surface area contributed by atoms with Gasteiger partial charge in [-0.1, -0.05) is 12.1 Å². The molecule has 1 aromatic carbocycles. The molecule has 0 spiro atoms. The fourth-order valence-electron chi connectivity index (χ4n) is 3.65. The molecule has 1 aliphatic heterocycles. The van der Waals surface area contributed by atoms with E-state index in [0.29, 0.717) is 38.2 Å². The lowest BCUT2D eigenvalue weighted by Crippen LogP contribution is -2.51. The molecule has 1 unspecified atom stereocenters. The molecule has 1 fully saturated rings. The minimum absolute atomic E-state index is 0.129. The number of amides is 2. The number of nitrogens with zero attached hydrogens (tertiary/aromatic N) is 5. The number of nitrogens with one attached hydrogen (secondary N) is 1. The van der Waals surface area contributed by atoms with Gasteiger partial charge in [0, 0.05) is 39.3 Å². The Morgan fingerprint density at radius 3 is 2.90 bits per heavy atom. The molecule has 2 amide bonds. The van der Waals surface area contributed by atoms with Crippen molar-refractivity contribution in [3.05, 3.63) is 48.0 Å². The van der Waals surface area contributed by atoms with E-state index in [1.807, 2.05) is 42.8 Å². The van der Waals surface area contributed by atoms with Crippen LogP contribution in [0.3, 0.4) is 0 Å². The van der Waals surface area contributed by atoms with Crippen LogP contribution < -0.4 is 5.32 Å². The number of ether oxygens (including phenoxy) is 1. The van der Waals surface area contributed by atoms with Crippen molar-refractivity contribution in [3.8, 4) is 0 Å². The molecular formula is C21H26N6O3. The molecule has 9 heteroatoms. The summed E-state index contributed by atoms with van der Waals surface area (Å²) >= 11 is 0. The maximum atomic E-state index is 12.7. The Morgan fingerprint density at radius 2 is 2.13 bits per heavy atom. The first-order valence-electron chi connectivity index (χ1n) is 10.2. The Balaban J connectivity index is 1.31. The minimum atomic E-state index is -0.677. The fraction of sp³-hybridized carbons (Fsp3) is 0.429. The average Bonchev–Trinajstić information content (AvgIpc) is 3.38. The summed E-state index contributed by atoms with van der Waals surface area (Å²) in [6, 6.07) is 7.94. The number of rotatable bonds is 6. The van der Waals surface area contributed by atoms with Crippen molar-refractivity contribution in [1.82, 2.24) is 29.5 Å². The maximum Gasteiger partial charge on any atom is 0.257 e. The van der Waals surface area contributed by atoms with Crippen LogP contribution in [0.15, 0.2) is 36.7 Å². The van der Waals surface area contributed by atoms with Crippen molar-refractivity contribution in [2.45, 2.75) is 26.0 Å². The third-order valence-electron chi connectivity index (χ3n) is 5.38. The topological polar surface area (TPSA) is 94.3 Å². The van der Waals surface area contributed by atoms with Crippen molar-refractivity contribution in [1.29, 1.82) is 0 Å². The number of fused-ring (bicyclic) bond motifs is 1. The highest BCUT2D eigenvalue weighted by Crippen LogP contribution is 2.14. The first-order chi connectivity index (χ1) is 14.6. The number of carbonyl (C=O) groups is 2. The van der Waals surface area contributed by atoms with E-state index in [-0.39, 0.29) is 18.4 Å². The van der Waals surface area contributed by atoms with E-state index in [4.69, 9.17) is 4.74 Å². The molecular weight excluding hydrogens is 384 g/mol. The van der Waals surface area contributed by atoms with Crippen LogP contribution in [0.1, 0.15) is 23.1 Å². The SMILES string of the molecule is CCn1cc(C(=O)N2CCOC(C(=O)NCCc3nc4ccccc4n3C)C2)cn1. The van der Waals surface area contributed by atoms with Crippen LogP contribution in [0.4, 0.5) is 0 Å². The highest BCUT2D eigenvalue weighted by atomic mass is 16.5. The van der Waals surface area contributed by atoms with Crippen LogP contribution in [0.2, 0.25) is 0 Å². The van der Waals surface area contributed by atoms with E-state index in [1.54, 1.807) is 22.0 Å². The van der Waals surface area contributed by atoms with Gasteiger partial charge >= 0.3 is 0 Å². The third-order valence-corrected chi connectivity index (χ3v) is 5.38. The van der Waals surface area contributed by atoms with Crippen molar-refractivity contribution < 1.29 is 14.3 Å². The summed E-state index contributed by atoms with van der Waals surface area (Å²) in [4.78, 5) is 31.5. The Labute approximate surface area is 174 Å². The summed E-state index contributed by atoms with van der Waals surface area (Å²) in [7, 11) is 1.97. The van der Waals surface area contributed by atoms with Crippen LogP contribution >= 0.6 is 0 Å². The summed E-state index contributed by atoms with van der Waals surface area (Å²) < 4.78 is 9.35. The first-order valence-corrected chi connectivity index (χ1v) is 10.2. The van der Waals surface area contributed by atoms with Gasteiger partial charge in [-0.05, 0) is 19.1 Å². The molecule has 3 heterocycles.